The van der Waals surface area contributed by atoms with Crippen LogP contribution in [-0.2, 0) is 0 Å². The summed E-state index contributed by atoms with van der Waals surface area (Å²) < 4.78 is 0. The van der Waals surface area contributed by atoms with Crippen molar-refractivity contribution in [3.8, 4) is 0 Å². The highest BCUT2D eigenvalue weighted by molar-refractivity contribution is 7.80. The van der Waals surface area contributed by atoms with E-state index in [1.165, 1.54) is 0 Å². The molecular weight excluding hydrogens is 312 g/mol. The molecule has 0 heterocycles. The molecule has 0 fully saturated rings. The normalized spacial score (nSPS) is 11.4. The Balaban J connectivity index is 1.76. The fourth-order valence-electron chi connectivity index (χ4n) is 1.78. The lowest BCUT2D eigenvalue weighted by Gasteiger charge is -2.14. The van der Waals surface area contributed by atoms with Crippen LogP contribution in [0.1, 0.15) is 0 Å². The molecule has 0 saturated heterocycles. The molecule has 6 nitrogen and oxygen atoms in total. The number of anilines is 3. The Morgan fingerprint density at radius 1 is 0.957 bits per heavy atom. The molecule has 0 aliphatic heterocycles. The molecule has 1 atom stereocenters. The van der Waals surface area contributed by atoms with Gasteiger partial charge in [0.15, 0.2) is 5.11 Å². The third kappa shape index (κ3) is 6.11. The Morgan fingerprint density at radius 2 is 1.61 bits per heavy atom. The fraction of sp³-hybridized carbons (Fsp3) is 0.188. The second-order valence-corrected chi connectivity index (χ2v) is 5.27. The smallest absolute Gasteiger partial charge is 0.189 e. The van der Waals surface area contributed by atoms with Gasteiger partial charge in [0.25, 0.3) is 0 Å². The Labute approximate surface area is 140 Å². The Kier molecular flexibility index (Phi) is 6.61. The van der Waals surface area contributed by atoms with Crippen LogP contribution in [0.4, 0.5) is 17.1 Å². The largest absolute Gasteiger partial charge is 0.394 e. The molecular formula is C16H20N4O2S. The number of thiocarbonyl (C=S) groups is 1. The van der Waals surface area contributed by atoms with E-state index in [-0.39, 0.29) is 6.61 Å². The topological polar surface area (TPSA) is 88.6 Å². The average Bonchev–Trinajstić information content (AvgIpc) is 2.59. The van der Waals surface area contributed by atoms with Crippen LogP contribution in [0.3, 0.4) is 0 Å². The first-order chi connectivity index (χ1) is 11.2. The molecule has 0 aromatic heterocycles. The summed E-state index contributed by atoms with van der Waals surface area (Å²) in [5.74, 6) is 0. The van der Waals surface area contributed by atoms with Gasteiger partial charge in [-0.1, -0.05) is 18.2 Å². The molecule has 6 N–H and O–H groups in total. The van der Waals surface area contributed by atoms with Crippen LogP contribution in [-0.4, -0.2) is 34.6 Å². The zero-order chi connectivity index (χ0) is 16.5. The van der Waals surface area contributed by atoms with Gasteiger partial charge in [-0.05, 0) is 48.6 Å². The predicted octanol–water partition coefficient (Wildman–Crippen LogP) is 1.77. The van der Waals surface area contributed by atoms with Crippen molar-refractivity contribution in [3.63, 3.8) is 0 Å². The number of aliphatic hydroxyl groups excluding tert-OH is 2. The van der Waals surface area contributed by atoms with Crippen LogP contribution in [0.2, 0.25) is 0 Å². The van der Waals surface area contributed by atoms with Crippen LogP contribution in [0.15, 0.2) is 54.6 Å². The molecule has 0 bridgehead atoms. The predicted molar refractivity (Wildman–Crippen MR) is 97.4 cm³/mol. The van der Waals surface area contributed by atoms with E-state index in [4.69, 9.17) is 17.3 Å². The van der Waals surface area contributed by atoms with Gasteiger partial charge in [-0.3, -0.25) is 10.9 Å². The maximum absolute atomic E-state index is 9.28. The minimum Gasteiger partial charge on any atom is -0.394 e. The van der Waals surface area contributed by atoms with Crippen molar-refractivity contribution in [3.05, 3.63) is 54.6 Å². The van der Waals surface area contributed by atoms with Gasteiger partial charge < -0.3 is 20.8 Å². The second kappa shape index (κ2) is 8.94. The SMILES string of the molecule is OCC(O)CNc1ccc(NNC(=S)Nc2ccccc2)cc1. The highest BCUT2D eigenvalue weighted by atomic mass is 32.1. The van der Waals surface area contributed by atoms with Gasteiger partial charge in [-0.25, -0.2) is 0 Å². The summed E-state index contributed by atoms with van der Waals surface area (Å²) in [6.45, 7) is 0.0367. The third-order valence-electron chi connectivity index (χ3n) is 2.99. The summed E-state index contributed by atoms with van der Waals surface area (Å²) >= 11 is 5.20. The van der Waals surface area contributed by atoms with Crippen molar-refractivity contribution in [2.45, 2.75) is 6.10 Å². The average molecular weight is 332 g/mol. The minimum atomic E-state index is -0.768. The van der Waals surface area contributed by atoms with Gasteiger partial charge >= 0.3 is 0 Å². The van der Waals surface area contributed by atoms with E-state index < -0.39 is 6.10 Å². The van der Waals surface area contributed by atoms with Gasteiger partial charge in [0, 0.05) is 17.9 Å². The number of benzene rings is 2. The molecule has 0 amide bonds. The van der Waals surface area contributed by atoms with Gasteiger partial charge in [0.05, 0.1) is 18.4 Å². The Bertz CT molecular complexity index is 607. The molecule has 2 rings (SSSR count). The number of nitrogens with one attached hydrogen (secondary N) is 4. The third-order valence-corrected chi connectivity index (χ3v) is 3.19. The van der Waals surface area contributed by atoms with Crippen LogP contribution >= 0.6 is 12.2 Å². The highest BCUT2D eigenvalue weighted by Crippen LogP contribution is 2.13. The van der Waals surface area contributed by atoms with E-state index >= 15 is 0 Å². The molecule has 0 radical (unpaired) electrons. The number of para-hydroxylation sites is 1. The number of hydrogen-bond donors (Lipinski definition) is 6. The van der Waals surface area contributed by atoms with Crippen LogP contribution in [0.25, 0.3) is 0 Å². The van der Waals surface area contributed by atoms with E-state index in [9.17, 15) is 5.11 Å². The Morgan fingerprint density at radius 3 is 2.26 bits per heavy atom. The molecule has 0 saturated carbocycles. The molecule has 0 aliphatic rings. The van der Waals surface area contributed by atoms with Crippen molar-refractivity contribution in [2.75, 3.05) is 29.2 Å². The number of hydrazine groups is 1. The fourth-order valence-corrected chi connectivity index (χ4v) is 1.95. The van der Waals surface area contributed by atoms with Crippen molar-refractivity contribution >= 4 is 34.4 Å². The van der Waals surface area contributed by atoms with Crippen LogP contribution in [0.5, 0.6) is 0 Å². The monoisotopic (exact) mass is 332 g/mol. The molecule has 2 aromatic rings. The highest BCUT2D eigenvalue weighted by Gasteiger charge is 2.01. The van der Waals surface area contributed by atoms with Crippen molar-refractivity contribution in [2.24, 2.45) is 0 Å². The summed E-state index contributed by atoms with van der Waals surface area (Å²) in [5, 5.41) is 24.6. The summed E-state index contributed by atoms with van der Waals surface area (Å²) in [7, 11) is 0. The summed E-state index contributed by atoms with van der Waals surface area (Å²) in [6, 6.07) is 17.1. The van der Waals surface area contributed by atoms with Gasteiger partial charge in [-0.2, -0.15) is 0 Å². The first-order valence-corrected chi connectivity index (χ1v) is 7.59. The van der Waals surface area contributed by atoms with E-state index in [2.05, 4.69) is 21.5 Å². The maximum Gasteiger partial charge on any atom is 0.189 e. The number of rotatable bonds is 7. The maximum atomic E-state index is 9.28. The van der Waals surface area contributed by atoms with Crippen LogP contribution in [0, 0.1) is 0 Å². The molecule has 1 unspecified atom stereocenters. The quantitative estimate of drug-likeness (QED) is 0.340. The molecule has 0 spiro atoms. The number of hydrogen-bond acceptors (Lipinski definition) is 5. The number of aliphatic hydroxyl groups is 2. The minimum absolute atomic E-state index is 0.261. The van der Waals surface area contributed by atoms with Gasteiger partial charge in [0.1, 0.15) is 0 Å². The zero-order valence-corrected chi connectivity index (χ0v) is 13.3. The lowest BCUT2D eigenvalue weighted by Crippen LogP contribution is -2.33. The summed E-state index contributed by atoms with van der Waals surface area (Å²) in [5.41, 5.74) is 8.51. The molecule has 122 valence electrons. The first kappa shape index (κ1) is 17.0. The van der Waals surface area contributed by atoms with E-state index in [0.717, 1.165) is 17.1 Å². The van der Waals surface area contributed by atoms with E-state index in [0.29, 0.717) is 11.7 Å². The molecule has 0 aliphatic carbocycles. The summed E-state index contributed by atoms with van der Waals surface area (Å²) in [6.07, 6.45) is -0.768. The zero-order valence-electron chi connectivity index (χ0n) is 12.5. The Hall–Kier alpha value is -2.35. The second-order valence-electron chi connectivity index (χ2n) is 4.86. The van der Waals surface area contributed by atoms with Gasteiger partial charge in [0.2, 0.25) is 0 Å². The molecule has 2 aromatic carbocycles. The molecule has 23 heavy (non-hydrogen) atoms. The summed E-state index contributed by atoms with van der Waals surface area (Å²) in [4.78, 5) is 0. The lowest BCUT2D eigenvalue weighted by atomic mass is 10.2. The standard InChI is InChI=1S/C16H20N4O2S/c21-11-15(22)10-17-12-6-8-14(9-7-12)19-20-16(23)18-13-4-2-1-3-5-13/h1-9,15,17,19,21-22H,10-11H2,(H2,18,20,23). The van der Waals surface area contributed by atoms with E-state index in [1.54, 1.807) is 0 Å². The lowest BCUT2D eigenvalue weighted by molar-refractivity contribution is 0.105. The van der Waals surface area contributed by atoms with Crippen molar-refractivity contribution in [1.29, 1.82) is 0 Å². The first-order valence-electron chi connectivity index (χ1n) is 7.18. The van der Waals surface area contributed by atoms with Gasteiger partial charge in [-0.15, -0.1) is 0 Å². The molecule has 7 heteroatoms. The van der Waals surface area contributed by atoms with Crippen LogP contribution < -0.4 is 21.5 Å². The van der Waals surface area contributed by atoms with Crippen molar-refractivity contribution < 1.29 is 10.2 Å². The van der Waals surface area contributed by atoms with Crippen molar-refractivity contribution in [1.82, 2.24) is 5.43 Å². The van der Waals surface area contributed by atoms with E-state index in [1.807, 2.05) is 54.6 Å².